The zero-order chi connectivity index (χ0) is 13.7. The monoisotopic (exact) mass is 281 g/mol. The predicted octanol–water partition coefficient (Wildman–Crippen LogP) is 2.98. The number of carbonyl (C=O) groups excluding carboxylic acids is 1. The van der Waals surface area contributed by atoms with E-state index in [9.17, 15) is 9.90 Å². The SMILES string of the molecule is CCc1ccc(C(=O)NCC2(CO)CCCCC2)s1. The van der Waals surface area contributed by atoms with Crippen molar-refractivity contribution in [2.45, 2.75) is 45.4 Å². The molecule has 4 heteroatoms. The van der Waals surface area contributed by atoms with Gasteiger partial charge in [0.1, 0.15) is 0 Å². The van der Waals surface area contributed by atoms with Crippen molar-refractivity contribution in [2.75, 3.05) is 13.2 Å². The van der Waals surface area contributed by atoms with Crippen molar-refractivity contribution in [2.24, 2.45) is 5.41 Å². The van der Waals surface area contributed by atoms with Gasteiger partial charge in [-0.2, -0.15) is 0 Å². The number of nitrogens with one attached hydrogen (secondary N) is 1. The molecule has 3 nitrogen and oxygen atoms in total. The van der Waals surface area contributed by atoms with Gasteiger partial charge in [-0.25, -0.2) is 0 Å². The molecule has 1 aromatic rings. The zero-order valence-electron chi connectivity index (χ0n) is 11.6. The van der Waals surface area contributed by atoms with E-state index in [1.165, 1.54) is 11.3 Å². The van der Waals surface area contributed by atoms with Crippen LogP contribution in [0.2, 0.25) is 0 Å². The average molecular weight is 281 g/mol. The summed E-state index contributed by atoms with van der Waals surface area (Å²) < 4.78 is 0. The van der Waals surface area contributed by atoms with Crippen molar-refractivity contribution in [3.05, 3.63) is 21.9 Å². The van der Waals surface area contributed by atoms with Gasteiger partial charge in [0.05, 0.1) is 11.5 Å². The van der Waals surface area contributed by atoms with Gasteiger partial charge in [0.25, 0.3) is 5.91 Å². The lowest BCUT2D eigenvalue weighted by Gasteiger charge is -2.35. The molecule has 0 aromatic carbocycles. The lowest BCUT2D eigenvalue weighted by atomic mass is 9.74. The standard InChI is InChI=1S/C15H23NO2S/c1-2-12-6-7-13(19-12)14(18)16-10-15(11-17)8-4-3-5-9-15/h6-7,17H,2-5,8-11H2,1H3,(H,16,18). The van der Waals surface area contributed by atoms with Crippen LogP contribution in [-0.4, -0.2) is 24.2 Å². The van der Waals surface area contributed by atoms with Gasteiger partial charge in [-0.3, -0.25) is 4.79 Å². The Morgan fingerprint density at radius 1 is 1.37 bits per heavy atom. The molecular weight excluding hydrogens is 258 g/mol. The molecule has 1 amide bonds. The Kier molecular flexibility index (Phi) is 4.99. The van der Waals surface area contributed by atoms with Crippen LogP contribution in [0.5, 0.6) is 0 Å². The van der Waals surface area contributed by atoms with Crippen molar-refractivity contribution < 1.29 is 9.90 Å². The number of aliphatic hydroxyl groups is 1. The molecule has 1 aliphatic carbocycles. The first kappa shape index (κ1) is 14.5. The van der Waals surface area contributed by atoms with E-state index >= 15 is 0 Å². The highest BCUT2D eigenvalue weighted by atomic mass is 32.1. The molecule has 1 aliphatic rings. The molecule has 2 N–H and O–H groups in total. The Labute approximate surface area is 119 Å². The maximum absolute atomic E-state index is 12.1. The second kappa shape index (κ2) is 6.53. The summed E-state index contributed by atoms with van der Waals surface area (Å²) in [6, 6.07) is 3.91. The maximum atomic E-state index is 12.1. The highest BCUT2D eigenvalue weighted by Gasteiger charge is 2.31. The van der Waals surface area contributed by atoms with Crippen LogP contribution >= 0.6 is 11.3 Å². The van der Waals surface area contributed by atoms with Crippen molar-refractivity contribution >= 4 is 17.2 Å². The highest BCUT2D eigenvalue weighted by molar-refractivity contribution is 7.14. The van der Waals surface area contributed by atoms with E-state index < -0.39 is 0 Å². The molecule has 0 aliphatic heterocycles. The Hall–Kier alpha value is -0.870. The van der Waals surface area contributed by atoms with Crippen LogP contribution in [0.25, 0.3) is 0 Å². The quantitative estimate of drug-likeness (QED) is 0.871. The van der Waals surface area contributed by atoms with Gasteiger partial charge < -0.3 is 10.4 Å². The minimum absolute atomic E-state index is 0.00287. The first-order valence-corrected chi connectivity index (χ1v) is 7.98. The highest BCUT2D eigenvalue weighted by Crippen LogP contribution is 2.35. The number of hydrogen-bond acceptors (Lipinski definition) is 3. The molecule has 106 valence electrons. The molecule has 2 rings (SSSR count). The number of hydrogen-bond donors (Lipinski definition) is 2. The van der Waals surface area contributed by atoms with E-state index in [0.717, 1.165) is 37.0 Å². The van der Waals surface area contributed by atoms with Crippen molar-refractivity contribution in [3.8, 4) is 0 Å². The Morgan fingerprint density at radius 3 is 2.68 bits per heavy atom. The van der Waals surface area contributed by atoms with Gasteiger partial charge in [-0.15, -0.1) is 11.3 Å². The summed E-state index contributed by atoms with van der Waals surface area (Å²) in [7, 11) is 0. The summed E-state index contributed by atoms with van der Waals surface area (Å²) in [6.45, 7) is 2.87. The molecule has 1 saturated carbocycles. The fourth-order valence-electron chi connectivity index (χ4n) is 2.74. The minimum atomic E-state index is -0.0846. The van der Waals surface area contributed by atoms with Crippen LogP contribution in [0.1, 0.15) is 53.6 Å². The second-order valence-electron chi connectivity index (χ2n) is 5.52. The molecule has 1 aromatic heterocycles. The minimum Gasteiger partial charge on any atom is -0.396 e. The third kappa shape index (κ3) is 3.57. The van der Waals surface area contributed by atoms with E-state index in [0.29, 0.717) is 6.54 Å². The summed E-state index contributed by atoms with van der Waals surface area (Å²) in [5, 5.41) is 12.6. The van der Waals surface area contributed by atoms with Gasteiger partial charge in [0.15, 0.2) is 0 Å². The van der Waals surface area contributed by atoms with E-state index in [-0.39, 0.29) is 17.9 Å². The van der Waals surface area contributed by atoms with Crippen LogP contribution in [0.3, 0.4) is 0 Å². The second-order valence-corrected chi connectivity index (χ2v) is 6.69. The van der Waals surface area contributed by atoms with Gasteiger partial charge in [0.2, 0.25) is 0 Å². The first-order chi connectivity index (χ1) is 9.19. The Morgan fingerprint density at radius 2 is 2.11 bits per heavy atom. The fraction of sp³-hybridized carbons (Fsp3) is 0.667. The van der Waals surface area contributed by atoms with Crippen molar-refractivity contribution in [3.63, 3.8) is 0 Å². The normalized spacial score (nSPS) is 18.2. The molecule has 0 radical (unpaired) electrons. The number of rotatable bonds is 5. The number of aryl methyl sites for hydroxylation is 1. The lowest BCUT2D eigenvalue weighted by Crippen LogP contribution is -2.41. The third-order valence-corrected chi connectivity index (χ3v) is 5.34. The molecule has 1 fully saturated rings. The summed E-state index contributed by atoms with van der Waals surface area (Å²) in [4.78, 5) is 14.1. The molecule has 0 bridgehead atoms. The smallest absolute Gasteiger partial charge is 0.261 e. The van der Waals surface area contributed by atoms with Crippen LogP contribution in [0.4, 0.5) is 0 Å². The number of thiophene rings is 1. The Balaban J connectivity index is 1.91. The molecule has 0 unspecified atom stereocenters. The van der Waals surface area contributed by atoms with Gasteiger partial charge >= 0.3 is 0 Å². The van der Waals surface area contributed by atoms with Gasteiger partial charge in [-0.05, 0) is 31.4 Å². The van der Waals surface area contributed by atoms with Gasteiger partial charge in [-0.1, -0.05) is 26.2 Å². The molecule has 0 saturated heterocycles. The van der Waals surface area contributed by atoms with Crippen LogP contribution in [0, 0.1) is 5.41 Å². The summed E-state index contributed by atoms with van der Waals surface area (Å²) >= 11 is 1.56. The number of carbonyl (C=O) groups is 1. The van der Waals surface area contributed by atoms with E-state index in [4.69, 9.17) is 0 Å². The lowest BCUT2D eigenvalue weighted by molar-refractivity contribution is 0.0720. The molecule has 19 heavy (non-hydrogen) atoms. The van der Waals surface area contributed by atoms with Crippen LogP contribution in [0.15, 0.2) is 12.1 Å². The van der Waals surface area contributed by atoms with Crippen LogP contribution < -0.4 is 5.32 Å². The molecule has 0 atom stereocenters. The topological polar surface area (TPSA) is 49.3 Å². The van der Waals surface area contributed by atoms with Gasteiger partial charge in [0, 0.05) is 16.8 Å². The molecular formula is C15H23NO2S. The number of aliphatic hydroxyl groups excluding tert-OH is 1. The summed E-state index contributed by atoms with van der Waals surface area (Å²) in [5.74, 6) is 0.00287. The van der Waals surface area contributed by atoms with E-state index in [2.05, 4.69) is 12.2 Å². The summed E-state index contributed by atoms with van der Waals surface area (Å²) in [6.07, 6.45) is 6.59. The van der Waals surface area contributed by atoms with Crippen LogP contribution in [-0.2, 0) is 6.42 Å². The largest absolute Gasteiger partial charge is 0.396 e. The first-order valence-electron chi connectivity index (χ1n) is 7.17. The maximum Gasteiger partial charge on any atom is 0.261 e. The average Bonchev–Trinajstić information content (AvgIpc) is 2.95. The predicted molar refractivity (Wildman–Crippen MR) is 78.6 cm³/mol. The fourth-order valence-corrected chi connectivity index (χ4v) is 3.60. The zero-order valence-corrected chi connectivity index (χ0v) is 12.4. The number of amides is 1. The molecule has 0 spiro atoms. The van der Waals surface area contributed by atoms with E-state index in [1.807, 2.05) is 12.1 Å². The van der Waals surface area contributed by atoms with E-state index in [1.54, 1.807) is 11.3 Å². The molecule has 1 heterocycles. The van der Waals surface area contributed by atoms with Crippen molar-refractivity contribution in [1.29, 1.82) is 0 Å². The Bertz CT molecular complexity index is 422. The third-order valence-electron chi connectivity index (χ3n) is 4.11. The van der Waals surface area contributed by atoms with Crippen molar-refractivity contribution in [1.82, 2.24) is 5.32 Å². The summed E-state index contributed by atoms with van der Waals surface area (Å²) in [5.41, 5.74) is -0.0846.